The summed E-state index contributed by atoms with van der Waals surface area (Å²) in [6.45, 7) is 2.64. The van der Waals surface area contributed by atoms with Crippen LogP contribution in [0.5, 0.6) is 0 Å². The molecular weight excluding hydrogens is 416 g/mol. The third kappa shape index (κ3) is 6.57. The van der Waals surface area contributed by atoms with E-state index in [2.05, 4.69) is 5.32 Å². The third-order valence-electron chi connectivity index (χ3n) is 4.34. The average molecular weight is 437 g/mol. The predicted molar refractivity (Wildman–Crippen MR) is 107 cm³/mol. The molecule has 27 heavy (non-hydrogen) atoms. The first-order chi connectivity index (χ1) is 12.4. The number of nitrogens with one attached hydrogen (secondary N) is 1. The molecule has 0 radical (unpaired) electrons. The fourth-order valence-corrected chi connectivity index (χ4v) is 4.25. The van der Waals surface area contributed by atoms with E-state index in [4.69, 9.17) is 11.6 Å². The number of rotatable bonds is 5. The van der Waals surface area contributed by atoms with E-state index in [9.17, 15) is 13.2 Å². The zero-order valence-electron chi connectivity index (χ0n) is 14.5. The number of piperazine rings is 1. The Morgan fingerprint density at radius 3 is 2.30 bits per heavy atom. The van der Waals surface area contributed by atoms with Crippen molar-refractivity contribution in [1.82, 2.24) is 10.2 Å². The predicted octanol–water partition coefficient (Wildman–Crippen LogP) is 5.81. The fourth-order valence-electron chi connectivity index (χ4n) is 3.13. The maximum atomic E-state index is 13.3. The van der Waals surface area contributed by atoms with Gasteiger partial charge in [0.1, 0.15) is 0 Å². The van der Waals surface area contributed by atoms with Crippen molar-refractivity contribution in [2.45, 2.75) is 28.4 Å². The molecule has 0 aromatic heterocycles. The van der Waals surface area contributed by atoms with Crippen LogP contribution in [0.1, 0.15) is 18.0 Å². The average Bonchev–Trinajstić information content (AvgIpc) is 2.62. The van der Waals surface area contributed by atoms with Crippen molar-refractivity contribution >= 4 is 35.8 Å². The molecule has 0 bridgehead atoms. The van der Waals surface area contributed by atoms with Crippen molar-refractivity contribution < 1.29 is 13.2 Å². The third-order valence-corrected chi connectivity index (χ3v) is 5.69. The summed E-state index contributed by atoms with van der Waals surface area (Å²) in [5.41, 5.74) is 0.728. The number of alkyl halides is 3. The molecule has 148 valence electrons. The molecule has 1 heterocycles. The maximum absolute atomic E-state index is 13.3. The van der Waals surface area contributed by atoms with Crippen LogP contribution in [-0.4, -0.2) is 37.3 Å². The van der Waals surface area contributed by atoms with Gasteiger partial charge >= 0.3 is 6.18 Å². The topological polar surface area (TPSA) is 15.3 Å². The second-order valence-corrected chi connectivity index (χ2v) is 7.77. The van der Waals surface area contributed by atoms with Gasteiger partial charge in [-0.1, -0.05) is 41.6 Å². The Kier molecular flexibility index (Phi) is 8.31. The van der Waals surface area contributed by atoms with E-state index in [0.29, 0.717) is 31.2 Å². The Hall–Kier alpha value is -0.920. The van der Waals surface area contributed by atoms with E-state index in [1.54, 1.807) is 12.1 Å². The first kappa shape index (κ1) is 22.4. The van der Waals surface area contributed by atoms with Crippen LogP contribution in [0.3, 0.4) is 0 Å². The molecule has 1 aliphatic rings. The Labute approximate surface area is 172 Å². The van der Waals surface area contributed by atoms with Gasteiger partial charge in [0.05, 0.1) is 6.42 Å². The smallest absolute Gasteiger partial charge is 0.314 e. The second-order valence-electron chi connectivity index (χ2n) is 6.21. The van der Waals surface area contributed by atoms with Crippen molar-refractivity contribution in [2.24, 2.45) is 0 Å². The van der Waals surface area contributed by atoms with Crippen molar-refractivity contribution in [3.63, 3.8) is 0 Å². The van der Waals surface area contributed by atoms with Crippen LogP contribution in [0.15, 0.2) is 58.3 Å². The number of nitrogens with zero attached hydrogens (tertiary/aromatic N) is 1. The van der Waals surface area contributed by atoms with E-state index < -0.39 is 18.6 Å². The molecule has 1 N–H and O–H groups in total. The highest BCUT2D eigenvalue weighted by Gasteiger charge is 2.36. The summed E-state index contributed by atoms with van der Waals surface area (Å²) in [5, 5.41) is 3.84. The van der Waals surface area contributed by atoms with Crippen LogP contribution in [0.4, 0.5) is 13.2 Å². The summed E-state index contributed by atoms with van der Waals surface area (Å²) in [4.78, 5) is 3.74. The van der Waals surface area contributed by atoms with Gasteiger partial charge in [0.25, 0.3) is 0 Å². The van der Waals surface area contributed by atoms with Gasteiger partial charge in [0, 0.05) is 47.0 Å². The first-order valence-corrected chi connectivity index (χ1v) is 9.66. The lowest BCUT2D eigenvalue weighted by molar-refractivity contribution is -0.149. The minimum absolute atomic E-state index is 0. The summed E-state index contributed by atoms with van der Waals surface area (Å²) in [6, 6.07) is 14.0. The summed E-state index contributed by atoms with van der Waals surface area (Å²) < 4.78 is 39.9. The van der Waals surface area contributed by atoms with Crippen LogP contribution < -0.4 is 5.32 Å². The molecule has 1 saturated heterocycles. The molecule has 1 aliphatic heterocycles. The molecule has 2 aromatic carbocycles. The maximum Gasteiger partial charge on any atom is 0.390 e. The Morgan fingerprint density at radius 2 is 1.67 bits per heavy atom. The minimum Gasteiger partial charge on any atom is -0.314 e. The van der Waals surface area contributed by atoms with E-state index in [-0.39, 0.29) is 12.4 Å². The standard InChI is InChI=1S/C19H20ClF3N2S.ClH/c20-14-5-7-15(8-6-14)26-18-4-2-1-3-16(18)17(13-19(21,22)23)25-11-9-24-10-12-25;/h1-8,17,24H,9-13H2;1H/t17-;/m0./s1. The van der Waals surface area contributed by atoms with Crippen LogP contribution in [-0.2, 0) is 0 Å². The van der Waals surface area contributed by atoms with Gasteiger partial charge in [-0.25, -0.2) is 0 Å². The molecule has 8 heteroatoms. The highest BCUT2D eigenvalue weighted by molar-refractivity contribution is 7.99. The molecule has 2 aromatic rings. The normalized spacial score (nSPS) is 16.6. The Bertz CT molecular complexity index is 720. The van der Waals surface area contributed by atoms with Gasteiger partial charge < -0.3 is 5.32 Å². The molecule has 0 unspecified atom stereocenters. The van der Waals surface area contributed by atoms with Gasteiger partial charge in [0.2, 0.25) is 0 Å². The molecule has 2 nitrogen and oxygen atoms in total. The van der Waals surface area contributed by atoms with Gasteiger partial charge in [-0.15, -0.1) is 12.4 Å². The van der Waals surface area contributed by atoms with Gasteiger partial charge in [-0.05, 0) is 35.9 Å². The Balaban J connectivity index is 0.00000261. The first-order valence-electron chi connectivity index (χ1n) is 8.46. The van der Waals surface area contributed by atoms with Gasteiger partial charge in [0.15, 0.2) is 0 Å². The zero-order chi connectivity index (χ0) is 18.6. The summed E-state index contributed by atoms with van der Waals surface area (Å²) in [5.74, 6) is 0. The summed E-state index contributed by atoms with van der Waals surface area (Å²) in [6.07, 6.45) is -5.06. The molecule has 0 saturated carbocycles. The monoisotopic (exact) mass is 436 g/mol. The minimum atomic E-state index is -4.21. The highest BCUT2D eigenvalue weighted by Crippen LogP contribution is 2.40. The van der Waals surface area contributed by atoms with Crippen LogP contribution in [0.25, 0.3) is 0 Å². The zero-order valence-corrected chi connectivity index (χ0v) is 16.9. The lowest BCUT2D eigenvalue weighted by Gasteiger charge is -2.36. The van der Waals surface area contributed by atoms with Crippen molar-refractivity contribution in [3.8, 4) is 0 Å². The second kappa shape index (κ2) is 10.0. The van der Waals surface area contributed by atoms with E-state index in [1.165, 1.54) is 11.8 Å². The number of halogens is 5. The van der Waals surface area contributed by atoms with E-state index >= 15 is 0 Å². The SMILES string of the molecule is Cl.FC(F)(F)C[C@@H](c1ccccc1Sc1ccc(Cl)cc1)N1CCNCC1. The molecule has 1 atom stereocenters. The molecule has 3 rings (SSSR count). The molecule has 0 spiro atoms. The number of hydrogen-bond acceptors (Lipinski definition) is 3. The summed E-state index contributed by atoms with van der Waals surface area (Å²) >= 11 is 7.40. The molecule has 1 fully saturated rings. The molecule has 0 amide bonds. The largest absolute Gasteiger partial charge is 0.390 e. The highest BCUT2D eigenvalue weighted by atomic mass is 35.5. The lowest BCUT2D eigenvalue weighted by atomic mass is 10.0. The van der Waals surface area contributed by atoms with Gasteiger partial charge in [-0.3, -0.25) is 4.90 Å². The van der Waals surface area contributed by atoms with E-state index in [0.717, 1.165) is 15.4 Å². The lowest BCUT2D eigenvalue weighted by Crippen LogP contribution is -2.46. The molecular formula is C19H21Cl2F3N2S. The van der Waals surface area contributed by atoms with Crippen LogP contribution in [0, 0.1) is 0 Å². The molecule has 0 aliphatic carbocycles. The Morgan fingerprint density at radius 1 is 1.04 bits per heavy atom. The van der Waals surface area contributed by atoms with Crippen molar-refractivity contribution in [2.75, 3.05) is 26.2 Å². The summed E-state index contributed by atoms with van der Waals surface area (Å²) in [7, 11) is 0. The van der Waals surface area contributed by atoms with Crippen LogP contribution in [0.2, 0.25) is 5.02 Å². The number of hydrogen-bond donors (Lipinski definition) is 1. The van der Waals surface area contributed by atoms with Gasteiger partial charge in [-0.2, -0.15) is 13.2 Å². The number of benzene rings is 2. The van der Waals surface area contributed by atoms with E-state index in [1.807, 2.05) is 41.3 Å². The quantitative estimate of drug-likeness (QED) is 0.636. The fraction of sp³-hybridized carbons (Fsp3) is 0.368. The van der Waals surface area contributed by atoms with Crippen molar-refractivity contribution in [1.29, 1.82) is 0 Å². The van der Waals surface area contributed by atoms with Crippen molar-refractivity contribution in [3.05, 3.63) is 59.1 Å². The van der Waals surface area contributed by atoms with Crippen LogP contribution >= 0.6 is 35.8 Å².